The second-order valence-corrected chi connectivity index (χ2v) is 6.59. The molecule has 0 spiro atoms. The molecule has 0 unspecified atom stereocenters. The van der Waals surface area contributed by atoms with E-state index in [4.69, 9.17) is 4.42 Å². The summed E-state index contributed by atoms with van der Waals surface area (Å²) in [6.45, 7) is 0. The van der Waals surface area contributed by atoms with Crippen molar-refractivity contribution in [2.45, 2.75) is 0 Å². The van der Waals surface area contributed by atoms with Crippen molar-refractivity contribution in [3.05, 3.63) is 82.6 Å². The average Bonchev–Trinajstić information content (AvgIpc) is 3.05. The SMILES string of the molecule is O=C(Nc1ccc2oc(-c3cccc(Br)c3)nc2c1)c1cccc(F)c1. The zero-order valence-electron chi connectivity index (χ0n) is 13.4. The van der Waals surface area contributed by atoms with Gasteiger partial charge in [-0.3, -0.25) is 4.79 Å². The van der Waals surface area contributed by atoms with Crippen molar-refractivity contribution in [3.8, 4) is 11.5 Å². The first-order chi connectivity index (χ1) is 12.6. The standard InChI is InChI=1S/C20H12BrFN2O2/c21-14-5-1-4-13(9-14)20-24-17-11-16(7-8-18(17)26-20)23-19(25)12-3-2-6-15(22)10-12/h1-11H,(H,23,25). The zero-order valence-corrected chi connectivity index (χ0v) is 15.0. The van der Waals surface area contributed by atoms with Crippen LogP contribution in [0.15, 0.2) is 75.6 Å². The van der Waals surface area contributed by atoms with E-state index in [-0.39, 0.29) is 11.5 Å². The quantitative estimate of drug-likeness (QED) is 0.474. The summed E-state index contributed by atoms with van der Waals surface area (Å²) in [6.07, 6.45) is 0. The molecule has 0 saturated carbocycles. The van der Waals surface area contributed by atoms with Crippen LogP contribution in [0.3, 0.4) is 0 Å². The van der Waals surface area contributed by atoms with Crippen LogP contribution in [0.4, 0.5) is 10.1 Å². The minimum absolute atomic E-state index is 0.250. The molecule has 4 nitrogen and oxygen atoms in total. The summed E-state index contributed by atoms with van der Waals surface area (Å²) < 4.78 is 20.0. The van der Waals surface area contributed by atoms with E-state index in [1.54, 1.807) is 24.3 Å². The molecule has 0 saturated heterocycles. The van der Waals surface area contributed by atoms with E-state index in [9.17, 15) is 9.18 Å². The number of halogens is 2. The number of rotatable bonds is 3. The zero-order chi connectivity index (χ0) is 18.1. The van der Waals surface area contributed by atoms with Gasteiger partial charge < -0.3 is 9.73 Å². The van der Waals surface area contributed by atoms with E-state index in [1.807, 2.05) is 24.3 Å². The number of carbonyl (C=O) groups is 1. The van der Waals surface area contributed by atoms with Crippen molar-refractivity contribution in [1.82, 2.24) is 4.98 Å². The minimum atomic E-state index is -0.455. The number of oxazole rings is 1. The molecule has 0 aliphatic rings. The Bertz CT molecular complexity index is 1120. The Labute approximate surface area is 156 Å². The second-order valence-electron chi connectivity index (χ2n) is 5.68. The molecule has 4 aromatic rings. The third kappa shape index (κ3) is 3.36. The Balaban J connectivity index is 1.62. The van der Waals surface area contributed by atoms with Crippen molar-refractivity contribution in [1.29, 1.82) is 0 Å². The summed E-state index contributed by atoms with van der Waals surface area (Å²) in [6, 6.07) is 18.4. The van der Waals surface area contributed by atoms with Crippen LogP contribution in [0.5, 0.6) is 0 Å². The summed E-state index contributed by atoms with van der Waals surface area (Å²) in [4.78, 5) is 16.7. The topological polar surface area (TPSA) is 55.1 Å². The van der Waals surface area contributed by atoms with Crippen LogP contribution < -0.4 is 5.32 Å². The van der Waals surface area contributed by atoms with Gasteiger partial charge in [-0.25, -0.2) is 9.37 Å². The maximum Gasteiger partial charge on any atom is 0.255 e. The largest absolute Gasteiger partial charge is 0.436 e. The van der Waals surface area contributed by atoms with Gasteiger partial charge in [-0.2, -0.15) is 0 Å². The first-order valence-electron chi connectivity index (χ1n) is 7.82. The van der Waals surface area contributed by atoms with Gasteiger partial charge in [0.1, 0.15) is 11.3 Å². The number of fused-ring (bicyclic) bond motifs is 1. The Morgan fingerprint density at radius 1 is 1.04 bits per heavy atom. The highest BCUT2D eigenvalue weighted by Crippen LogP contribution is 2.28. The lowest BCUT2D eigenvalue weighted by Gasteiger charge is -2.04. The van der Waals surface area contributed by atoms with Gasteiger partial charge in [0, 0.05) is 21.3 Å². The molecule has 0 bridgehead atoms. The van der Waals surface area contributed by atoms with Gasteiger partial charge in [0.15, 0.2) is 5.58 Å². The van der Waals surface area contributed by atoms with E-state index >= 15 is 0 Å². The van der Waals surface area contributed by atoms with E-state index in [0.717, 1.165) is 10.0 Å². The first kappa shape index (κ1) is 16.5. The van der Waals surface area contributed by atoms with E-state index in [2.05, 4.69) is 26.2 Å². The molecule has 0 aliphatic carbocycles. The first-order valence-corrected chi connectivity index (χ1v) is 8.61. The van der Waals surface area contributed by atoms with Crippen molar-refractivity contribution in [2.75, 3.05) is 5.32 Å². The third-order valence-electron chi connectivity index (χ3n) is 3.80. The van der Waals surface area contributed by atoms with Crippen LogP contribution in [0, 0.1) is 5.82 Å². The molecule has 0 atom stereocenters. The third-order valence-corrected chi connectivity index (χ3v) is 4.30. The summed E-state index contributed by atoms with van der Waals surface area (Å²) >= 11 is 3.43. The molecule has 0 radical (unpaired) electrons. The monoisotopic (exact) mass is 410 g/mol. The summed E-state index contributed by atoms with van der Waals surface area (Å²) in [7, 11) is 0. The summed E-state index contributed by atoms with van der Waals surface area (Å²) in [5, 5.41) is 2.74. The fourth-order valence-electron chi connectivity index (χ4n) is 2.58. The number of hydrogen-bond donors (Lipinski definition) is 1. The molecule has 128 valence electrons. The lowest BCUT2D eigenvalue weighted by Crippen LogP contribution is -2.11. The molecule has 6 heteroatoms. The number of nitrogens with one attached hydrogen (secondary N) is 1. The van der Waals surface area contributed by atoms with Gasteiger partial charge in [0.2, 0.25) is 5.89 Å². The van der Waals surface area contributed by atoms with Crippen molar-refractivity contribution in [3.63, 3.8) is 0 Å². The van der Waals surface area contributed by atoms with Gasteiger partial charge in [0.25, 0.3) is 5.91 Å². The summed E-state index contributed by atoms with van der Waals surface area (Å²) in [5.74, 6) is -0.349. The van der Waals surface area contributed by atoms with Gasteiger partial charge in [-0.1, -0.05) is 28.1 Å². The van der Waals surface area contributed by atoms with E-state index in [0.29, 0.717) is 22.7 Å². The van der Waals surface area contributed by atoms with Crippen molar-refractivity contribution < 1.29 is 13.6 Å². The normalized spacial score (nSPS) is 10.8. The molecule has 1 N–H and O–H groups in total. The number of anilines is 1. The number of benzene rings is 3. The van der Waals surface area contributed by atoms with Crippen LogP contribution in [0.1, 0.15) is 10.4 Å². The lowest BCUT2D eigenvalue weighted by molar-refractivity contribution is 0.102. The maximum atomic E-state index is 13.3. The molecule has 1 amide bonds. The Kier molecular flexibility index (Phi) is 4.26. The Morgan fingerprint density at radius 3 is 2.69 bits per heavy atom. The van der Waals surface area contributed by atoms with Crippen molar-refractivity contribution in [2.24, 2.45) is 0 Å². The molecule has 1 heterocycles. The van der Waals surface area contributed by atoms with Crippen LogP contribution in [-0.2, 0) is 0 Å². The van der Waals surface area contributed by atoms with Crippen LogP contribution >= 0.6 is 15.9 Å². The number of hydrogen-bond acceptors (Lipinski definition) is 3. The predicted molar refractivity (Wildman–Crippen MR) is 101 cm³/mol. The van der Waals surface area contributed by atoms with E-state index in [1.165, 1.54) is 18.2 Å². The van der Waals surface area contributed by atoms with Crippen LogP contribution in [0.2, 0.25) is 0 Å². The molecule has 26 heavy (non-hydrogen) atoms. The minimum Gasteiger partial charge on any atom is -0.436 e. The molecule has 4 rings (SSSR count). The maximum absolute atomic E-state index is 13.3. The Hall–Kier alpha value is -2.99. The Morgan fingerprint density at radius 2 is 1.88 bits per heavy atom. The fourth-order valence-corrected chi connectivity index (χ4v) is 2.98. The molecule has 3 aromatic carbocycles. The van der Waals surface area contributed by atoms with Crippen LogP contribution in [-0.4, -0.2) is 10.9 Å². The highest BCUT2D eigenvalue weighted by Gasteiger charge is 2.11. The molecule has 0 aliphatic heterocycles. The molecule has 0 fully saturated rings. The number of amides is 1. The highest BCUT2D eigenvalue weighted by atomic mass is 79.9. The second kappa shape index (κ2) is 6.72. The number of aromatic nitrogens is 1. The summed E-state index contributed by atoms with van der Waals surface area (Å²) in [5.41, 5.74) is 2.89. The van der Waals surface area contributed by atoms with Gasteiger partial charge in [-0.15, -0.1) is 0 Å². The number of carbonyl (C=O) groups excluding carboxylic acids is 1. The average molecular weight is 411 g/mol. The smallest absolute Gasteiger partial charge is 0.255 e. The van der Waals surface area contributed by atoms with Crippen molar-refractivity contribution >= 4 is 38.6 Å². The lowest BCUT2D eigenvalue weighted by atomic mass is 10.2. The van der Waals surface area contributed by atoms with Gasteiger partial charge in [-0.05, 0) is 54.6 Å². The number of nitrogens with zero attached hydrogens (tertiary/aromatic N) is 1. The van der Waals surface area contributed by atoms with Gasteiger partial charge >= 0.3 is 0 Å². The highest BCUT2D eigenvalue weighted by molar-refractivity contribution is 9.10. The fraction of sp³-hybridized carbons (Fsp3) is 0. The molecule has 1 aromatic heterocycles. The molecular weight excluding hydrogens is 399 g/mol. The van der Waals surface area contributed by atoms with Crippen LogP contribution in [0.25, 0.3) is 22.6 Å². The van der Waals surface area contributed by atoms with E-state index < -0.39 is 5.82 Å². The molecular formula is C20H12BrFN2O2. The van der Waals surface area contributed by atoms with Gasteiger partial charge in [0.05, 0.1) is 0 Å². The predicted octanol–water partition coefficient (Wildman–Crippen LogP) is 5.65.